The number of hydrogen-bond donors (Lipinski definition) is 4. The zero-order valence-electron chi connectivity index (χ0n) is 24.3. The Morgan fingerprint density at radius 3 is 2.54 bits per heavy atom. The molecule has 0 aliphatic carbocycles. The number of H-pyrrole nitrogens is 1. The van der Waals surface area contributed by atoms with Gasteiger partial charge in [-0.15, -0.1) is 0 Å². The molecule has 2 unspecified atom stereocenters. The summed E-state index contributed by atoms with van der Waals surface area (Å²) in [5, 5.41) is 24.6. The van der Waals surface area contributed by atoms with Crippen molar-refractivity contribution in [1.82, 2.24) is 14.6 Å². The molecule has 0 radical (unpaired) electrons. The number of rotatable bonds is 12. The van der Waals surface area contributed by atoms with Crippen molar-refractivity contribution >= 4 is 13.7 Å². The number of nitrogens with zero attached hydrogens (tertiary/aromatic N) is 1. The van der Waals surface area contributed by atoms with Crippen molar-refractivity contribution in [3.63, 3.8) is 0 Å². The number of aliphatic hydroxyl groups is 2. The maximum absolute atomic E-state index is 14.1. The zero-order chi connectivity index (χ0) is 31.4. The highest BCUT2D eigenvalue weighted by Gasteiger charge is 2.54. The number of benzene rings is 2. The van der Waals surface area contributed by atoms with Crippen LogP contribution < -0.4 is 20.9 Å². The van der Waals surface area contributed by atoms with Gasteiger partial charge in [-0.25, -0.2) is 9.36 Å². The van der Waals surface area contributed by atoms with Crippen molar-refractivity contribution in [2.75, 3.05) is 13.2 Å². The van der Waals surface area contributed by atoms with Crippen LogP contribution in [-0.2, 0) is 29.8 Å². The number of carbonyl (C=O) groups excluding carboxylic acids is 1. The number of carbonyl (C=O) groups is 1. The molecule has 2 aromatic carbocycles. The molecule has 1 saturated heterocycles. The quantitative estimate of drug-likeness (QED) is 0.177. The van der Waals surface area contributed by atoms with Crippen LogP contribution in [0.15, 0.2) is 82.5 Å². The maximum atomic E-state index is 14.1. The van der Waals surface area contributed by atoms with Gasteiger partial charge >= 0.3 is 19.4 Å². The van der Waals surface area contributed by atoms with Crippen molar-refractivity contribution < 1.29 is 40.8 Å². The first-order valence-corrected chi connectivity index (χ1v) is 14.3. The van der Waals surface area contributed by atoms with E-state index in [2.05, 4.69) is 5.09 Å². The second-order valence-electron chi connectivity index (χ2n) is 9.38. The minimum absolute atomic E-state index is 0.0528. The van der Waals surface area contributed by atoms with Gasteiger partial charge in [0.1, 0.15) is 29.6 Å². The Hall–Kier alpha value is -3.58. The molecule has 6 atom stereocenters. The molecule has 4 N–H and O–H groups in total. The average Bonchev–Trinajstić information content (AvgIpc) is 3.19. The Balaban J connectivity index is 1.61. The van der Waals surface area contributed by atoms with Gasteiger partial charge in [-0.2, -0.15) is 5.09 Å². The predicted molar refractivity (Wildman–Crippen MR) is 146 cm³/mol. The van der Waals surface area contributed by atoms with Crippen molar-refractivity contribution in [2.45, 2.75) is 50.3 Å². The van der Waals surface area contributed by atoms with Gasteiger partial charge in [0, 0.05) is 12.2 Å². The van der Waals surface area contributed by atoms with Crippen LogP contribution in [0.4, 0.5) is 0 Å². The second kappa shape index (κ2) is 12.9. The third-order valence-corrected chi connectivity index (χ3v) is 7.83. The van der Waals surface area contributed by atoms with Gasteiger partial charge < -0.3 is 24.2 Å². The first-order valence-electron chi connectivity index (χ1n) is 13.7. The van der Waals surface area contributed by atoms with E-state index in [1.165, 1.54) is 12.1 Å². The third-order valence-electron chi connectivity index (χ3n) is 6.26. The molecule has 0 spiro atoms. The first kappa shape index (κ1) is 27.6. The SMILES string of the molecule is [2H]c1c([2H])n([C@@H]2O[C@H](COP(=O)(NC(Cc3ccccc3)C(=O)OCC)Oc3ccccc3)[C@@H](O)[C@@]2(C)O)c(=O)[nH]c1=O. The first-order chi connectivity index (χ1) is 20.4. The van der Waals surface area contributed by atoms with Crippen molar-refractivity contribution in [3.8, 4) is 5.75 Å². The van der Waals surface area contributed by atoms with Crippen LogP contribution in [0.3, 0.4) is 0 Å². The summed E-state index contributed by atoms with van der Waals surface area (Å²) in [6.07, 6.45) is -5.74. The fourth-order valence-corrected chi connectivity index (χ4v) is 5.72. The molecule has 1 aliphatic heterocycles. The molecule has 4 rings (SSSR count). The van der Waals surface area contributed by atoms with Crippen LogP contribution in [-0.4, -0.2) is 62.8 Å². The lowest BCUT2D eigenvalue weighted by molar-refractivity contribution is -0.145. The largest absolute Gasteiger partial charge is 0.465 e. The van der Waals surface area contributed by atoms with Crippen molar-refractivity contribution in [2.24, 2.45) is 0 Å². The van der Waals surface area contributed by atoms with Crippen LogP contribution in [0.1, 0.15) is 28.4 Å². The number of hydrogen-bond acceptors (Lipinski definition) is 10. The zero-order valence-corrected chi connectivity index (χ0v) is 23.2. The molecule has 0 saturated carbocycles. The number of aromatic nitrogens is 2. The molecule has 3 aromatic rings. The van der Waals surface area contributed by atoms with Crippen LogP contribution >= 0.6 is 7.75 Å². The lowest BCUT2D eigenvalue weighted by Gasteiger charge is -2.27. The molecule has 0 amide bonds. The number of aliphatic hydroxyl groups excluding tert-OH is 1. The average molecular weight is 592 g/mol. The molecular formula is C27H32N3O10P. The van der Waals surface area contributed by atoms with E-state index in [0.717, 1.165) is 12.5 Å². The Bertz CT molecular complexity index is 1590. The fourth-order valence-electron chi connectivity index (χ4n) is 4.22. The summed E-state index contributed by atoms with van der Waals surface area (Å²) in [7, 11) is -4.46. The van der Waals surface area contributed by atoms with Gasteiger partial charge in [0.25, 0.3) is 5.56 Å². The molecule has 1 fully saturated rings. The summed E-state index contributed by atoms with van der Waals surface area (Å²) in [4.78, 5) is 39.0. The molecule has 2 heterocycles. The van der Waals surface area contributed by atoms with Crippen LogP contribution in [0, 0.1) is 0 Å². The third kappa shape index (κ3) is 7.39. The van der Waals surface area contributed by atoms with Crippen molar-refractivity contribution in [3.05, 3.63) is 99.3 Å². The van der Waals surface area contributed by atoms with Crippen molar-refractivity contribution in [1.29, 1.82) is 0 Å². The second-order valence-corrected chi connectivity index (χ2v) is 11.1. The summed E-state index contributed by atoms with van der Waals surface area (Å²) < 4.78 is 52.7. The Labute approximate surface area is 238 Å². The van der Waals surface area contributed by atoms with Gasteiger partial charge in [-0.3, -0.25) is 23.7 Å². The van der Waals surface area contributed by atoms with Gasteiger partial charge in [-0.05, 0) is 38.0 Å². The number of esters is 1. The molecule has 0 bridgehead atoms. The highest BCUT2D eigenvalue weighted by Crippen LogP contribution is 2.47. The summed E-state index contributed by atoms with van der Waals surface area (Å²) in [6.45, 7) is 2.11. The number of para-hydroxylation sites is 1. The van der Waals surface area contributed by atoms with E-state index < -0.39 is 73.9 Å². The lowest BCUT2D eigenvalue weighted by atomic mass is 9.96. The Morgan fingerprint density at radius 1 is 1.22 bits per heavy atom. The number of ether oxygens (including phenoxy) is 2. The number of nitrogens with one attached hydrogen (secondary N) is 2. The van der Waals surface area contributed by atoms with E-state index in [4.69, 9.17) is 21.3 Å². The molecule has 41 heavy (non-hydrogen) atoms. The van der Waals surface area contributed by atoms with E-state index in [0.29, 0.717) is 4.57 Å². The lowest BCUT2D eigenvalue weighted by Crippen LogP contribution is -2.47. The standard InChI is InChI=1S/C27H32N3O10P/c1-3-37-24(33)20(16-18-10-6-4-7-11-18)29-41(36,40-19-12-8-5-9-13-19)38-17-21-23(32)27(2,35)25(39-21)30-15-14-22(31)28-26(30)34/h4-15,20-21,23,25,32,35H,3,16-17H2,1-2H3,(H,29,36)(H,28,31,34)/t20?,21-,23-,25-,27-,41?/m1/s1/i14D,15D. The Kier molecular flexibility index (Phi) is 8.71. The van der Waals surface area contributed by atoms with E-state index in [-0.39, 0.29) is 18.8 Å². The summed E-state index contributed by atoms with van der Waals surface area (Å²) in [5.74, 6) is -0.598. The summed E-state index contributed by atoms with van der Waals surface area (Å²) in [6, 6.07) is 14.8. The molecule has 14 heteroatoms. The van der Waals surface area contributed by atoms with Crippen LogP contribution in [0.25, 0.3) is 0 Å². The van der Waals surface area contributed by atoms with Crippen LogP contribution in [0.2, 0.25) is 0 Å². The summed E-state index contributed by atoms with van der Waals surface area (Å²) in [5.41, 5.74) is -3.76. The van der Waals surface area contributed by atoms with E-state index in [9.17, 15) is 29.2 Å². The van der Waals surface area contributed by atoms with E-state index in [1.54, 1.807) is 55.5 Å². The minimum atomic E-state index is -4.46. The van der Waals surface area contributed by atoms with Gasteiger partial charge in [0.05, 0.1) is 16.0 Å². The Morgan fingerprint density at radius 2 is 1.88 bits per heavy atom. The predicted octanol–water partition coefficient (Wildman–Crippen LogP) is 1.51. The molecule has 13 nitrogen and oxygen atoms in total. The molecular weight excluding hydrogens is 557 g/mol. The molecule has 1 aromatic heterocycles. The molecule has 220 valence electrons. The smallest absolute Gasteiger partial charge is 0.459 e. The normalized spacial score (nSPS) is 25.0. The van der Waals surface area contributed by atoms with Gasteiger partial charge in [0.2, 0.25) is 0 Å². The maximum Gasteiger partial charge on any atom is 0.459 e. The van der Waals surface area contributed by atoms with E-state index in [1.807, 2.05) is 4.98 Å². The highest BCUT2D eigenvalue weighted by atomic mass is 31.2. The fraction of sp³-hybridized carbons (Fsp3) is 0.370. The van der Waals surface area contributed by atoms with Gasteiger partial charge in [-0.1, -0.05) is 48.5 Å². The van der Waals surface area contributed by atoms with E-state index >= 15 is 0 Å². The summed E-state index contributed by atoms with van der Waals surface area (Å²) >= 11 is 0. The molecule has 1 aliphatic rings. The minimum Gasteiger partial charge on any atom is -0.465 e. The van der Waals surface area contributed by atoms with Gasteiger partial charge in [0.15, 0.2) is 6.23 Å². The monoisotopic (exact) mass is 591 g/mol. The van der Waals surface area contributed by atoms with Crippen LogP contribution in [0.5, 0.6) is 5.75 Å². The highest BCUT2D eigenvalue weighted by molar-refractivity contribution is 7.52. The topological polar surface area (TPSA) is 178 Å². The number of aromatic amines is 1.